The first kappa shape index (κ1) is 16.0. The lowest BCUT2D eigenvalue weighted by Gasteiger charge is -2.15. The first-order valence-electron chi connectivity index (χ1n) is 5.54. The maximum Gasteiger partial charge on any atom is 0.315 e. The Morgan fingerprint density at radius 3 is 2.63 bits per heavy atom. The Balaban J connectivity index is 2.56. The number of amides is 1. The number of halogens is 4. The van der Waals surface area contributed by atoms with Gasteiger partial charge in [-0.15, -0.1) is 0 Å². The number of aliphatic hydroxyl groups is 1. The Labute approximate surface area is 116 Å². The van der Waals surface area contributed by atoms with Gasteiger partial charge in [0.05, 0.1) is 4.47 Å². The van der Waals surface area contributed by atoms with Crippen LogP contribution in [0.2, 0.25) is 0 Å². The fraction of sp³-hybridized carbons (Fsp3) is 0.417. The average Bonchev–Trinajstić information content (AvgIpc) is 2.38. The van der Waals surface area contributed by atoms with Crippen molar-refractivity contribution in [3.63, 3.8) is 0 Å². The van der Waals surface area contributed by atoms with Crippen LogP contribution in [-0.2, 0) is 11.2 Å². The van der Waals surface area contributed by atoms with E-state index in [0.717, 1.165) is 5.56 Å². The molecular weight excluding hydrogens is 327 g/mol. The molecule has 106 valence electrons. The van der Waals surface area contributed by atoms with Gasteiger partial charge in [-0.2, -0.15) is 8.78 Å². The third kappa shape index (κ3) is 5.20. The molecule has 0 saturated carbocycles. The van der Waals surface area contributed by atoms with Gasteiger partial charge >= 0.3 is 6.43 Å². The Morgan fingerprint density at radius 1 is 1.42 bits per heavy atom. The number of hydrogen-bond acceptors (Lipinski definition) is 2. The predicted octanol–water partition coefficient (Wildman–Crippen LogP) is 2.12. The summed E-state index contributed by atoms with van der Waals surface area (Å²) >= 11 is 3.03. The van der Waals surface area contributed by atoms with Gasteiger partial charge in [0.2, 0.25) is 0 Å². The molecule has 1 amide bonds. The van der Waals surface area contributed by atoms with Crippen LogP contribution in [0.5, 0.6) is 0 Å². The van der Waals surface area contributed by atoms with E-state index in [1.54, 1.807) is 6.07 Å². The molecule has 1 rings (SSSR count). The van der Waals surface area contributed by atoms with Crippen LogP contribution < -0.4 is 5.32 Å². The van der Waals surface area contributed by atoms with E-state index in [0.29, 0.717) is 10.9 Å². The number of aliphatic hydroxyl groups excluding tert-OH is 1. The number of carbonyl (C=O) groups is 1. The van der Waals surface area contributed by atoms with Crippen molar-refractivity contribution in [1.29, 1.82) is 0 Å². The van der Waals surface area contributed by atoms with E-state index in [2.05, 4.69) is 15.9 Å². The van der Waals surface area contributed by atoms with Crippen molar-refractivity contribution in [3.8, 4) is 0 Å². The van der Waals surface area contributed by atoms with Gasteiger partial charge in [-0.1, -0.05) is 6.07 Å². The molecule has 0 spiro atoms. The lowest BCUT2D eigenvalue weighted by atomic mass is 10.00. The van der Waals surface area contributed by atoms with Gasteiger partial charge in [-0.05, 0) is 40.0 Å². The Bertz CT molecular complexity index is 443. The van der Waals surface area contributed by atoms with Gasteiger partial charge in [0.15, 0.2) is 0 Å². The molecule has 0 aliphatic rings. The number of nitrogens with one attached hydrogen (secondary N) is 1. The molecule has 0 unspecified atom stereocenters. The van der Waals surface area contributed by atoms with Gasteiger partial charge in [-0.3, -0.25) is 4.79 Å². The smallest absolute Gasteiger partial charge is 0.315 e. The first-order valence-corrected chi connectivity index (χ1v) is 6.34. The van der Waals surface area contributed by atoms with Crippen molar-refractivity contribution >= 4 is 21.8 Å². The Morgan fingerprint density at radius 2 is 2.11 bits per heavy atom. The SMILES string of the molecule is O=C(NC[C@@H](CO)Cc1ccc(F)c(Br)c1)C(F)F. The zero-order valence-electron chi connectivity index (χ0n) is 9.88. The maximum absolute atomic E-state index is 13.0. The van der Waals surface area contributed by atoms with Gasteiger partial charge in [-0.25, -0.2) is 4.39 Å². The molecule has 1 aromatic rings. The molecule has 0 radical (unpaired) electrons. The minimum absolute atomic E-state index is 0.0608. The normalized spacial score (nSPS) is 12.5. The van der Waals surface area contributed by atoms with E-state index >= 15 is 0 Å². The molecule has 7 heteroatoms. The van der Waals surface area contributed by atoms with Crippen LogP contribution in [0.15, 0.2) is 22.7 Å². The number of rotatable bonds is 6. The predicted molar refractivity (Wildman–Crippen MR) is 67.4 cm³/mol. The number of benzene rings is 1. The molecule has 3 nitrogen and oxygen atoms in total. The van der Waals surface area contributed by atoms with Crippen LogP contribution >= 0.6 is 15.9 Å². The zero-order valence-corrected chi connectivity index (χ0v) is 11.5. The average molecular weight is 340 g/mol. The van der Waals surface area contributed by atoms with Crippen LogP contribution in [0.4, 0.5) is 13.2 Å². The second kappa shape index (κ2) is 7.49. The van der Waals surface area contributed by atoms with E-state index < -0.39 is 24.1 Å². The van der Waals surface area contributed by atoms with Gasteiger partial charge < -0.3 is 10.4 Å². The lowest BCUT2D eigenvalue weighted by Crippen LogP contribution is -2.35. The highest BCUT2D eigenvalue weighted by molar-refractivity contribution is 9.10. The van der Waals surface area contributed by atoms with E-state index in [4.69, 9.17) is 5.11 Å². The third-order valence-corrected chi connectivity index (χ3v) is 3.14. The van der Waals surface area contributed by atoms with Crippen molar-refractivity contribution < 1.29 is 23.1 Å². The van der Waals surface area contributed by atoms with Crippen molar-refractivity contribution in [1.82, 2.24) is 5.32 Å². The van der Waals surface area contributed by atoms with E-state index in [1.165, 1.54) is 12.1 Å². The summed E-state index contributed by atoms with van der Waals surface area (Å²) in [6.07, 6.45) is -2.72. The highest BCUT2D eigenvalue weighted by atomic mass is 79.9. The number of alkyl halides is 2. The standard InChI is InChI=1S/C12H13BrF3NO2/c13-9-4-7(1-2-10(9)14)3-8(6-18)5-17-12(19)11(15)16/h1-2,4,8,11,18H,3,5-6H2,(H,17,19)/t8-/m0/s1. The Hall–Kier alpha value is -1.08. The van der Waals surface area contributed by atoms with Crippen LogP contribution in [0.1, 0.15) is 5.56 Å². The van der Waals surface area contributed by atoms with Crippen LogP contribution in [0.25, 0.3) is 0 Å². The third-order valence-electron chi connectivity index (χ3n) is 2.53. The van der Waals surface area contributed by atoms with E-state index in [1.807, 2.05) is 5.32 Å². The molecule has 0 aromatic heterocycles. The topological polar surface area (TPSA) is 49.3 Å². The van der Waals surface area contributed by atoms with Gasteiger partial charge in [0.1, 0.15) is 5.82 Å². The van der Waals surface area contributed by atoms with Gasteiger partial charge in [0.25, 0.3) is 5.91 Å². The van der Waals surface area contributed by atoms with Crippen molar-refractivity contribution in [2.24, 2.45) is 5.92 Å². The fourth-order valence-electron chi connectivity index (χ4n) is 1.52. The van der Waals surface area contributed by atoms with Crippen molar-refractivity contribution in [3.05, 3.63) is 34.1 Å². The fourth-order valence-corrected chi connectivity index (χ4v) is 1.95. The summed E-state index contributed by atoms with van der Waals surface area (Å²) in [6, 6.07) is 4.36. The molecule has 2 N–H and O–H groups in total. The maximum atomic E-state index is 13.0. The highest BCUT2D eigenvalue weighted by Gasteiger charge is 2.17. The monoisotopic (exact) mass is 339 g/mol. The van der Waals surface area contributed by atoms with Gasteiger partial charge in [0, 0.05) is 19.1 Å². The molecule has 0 bridgehead atoms. The van der Waals surface area contributed by atoms with Crippen molar-refractivity contribution in [2.45, 2.75) is 12.8 Å². The molecule has 1 atom stereocenters. The zero-order chi connectivity index (χ0) is 14.4. The summed E-state index contributed by atoms with van der Waals surface area (Å²) in [5.41, 5.74) is 0.735. The second-order valence-corrected chi connectivity index (χ2v) is 4.90. The summed E-state index contributed by atoms with van der Waals surface area (Å²) in [6.45, 7) is -0.326. The Kier molecular flexibility index (Phi) is 6.30. The largest absolute Gasteiger partial charge is 0.396 e. The molecule has 0 fully saturated rings. The second-order valence-electron chi connectivity index (χ2n) is 4.05. The molecule has 0 aliphatic heterocycles. The molecule has 0 heterocycles. The highest BCUT2D eigenvalue weighted by Crippen LogP contribution is 2.18. The van der Waals surface area contributed by atoms with E-state index in [-0.39, 0.29) is 13.2 Å². The van der Waals surface area contributed by atoms with Crippen LogP contribution in [0.3, 0.4) is 0 Å². The first-order chi connectivity index (χ1) is 8.93. The summed E-state index contributed by atoms with van der Waals surface area (Å²) < 4.78 is 37.3. The number of carbonyl (C=O) groups excluding carboxylic acids is 1. The van der Waals surface area contributed by atoms with E-state index in [9.17, 15) is 18.0 Å². The summed E-state index contributed by atoms with van der Waals surface area (Å²) in [7, 11) is 0. The molecule has 19 heavy (non-hydrogen) atoms. The minimum Gasteiger partial charge on any atom is -0.396 e. The minimum atomic E-state index is -3.07. The quantitative estimate of drug-likeness (QED) is 0.834. The summed E-state index contributed by atoms with van der Waals surface area (Å²) in [5, 5.41) is 11.2. The lowest BCUT2D eigenvalue weighted by molar-refractivity contribution is -0.131. The van der Waals surface area contributed by atoms with Crippen LogP contribution in [0, 0.1) is 11.7 Å². The molecule has 0 saturated heterocycles. The molecular formula is C12H13BrF3NO2. The molecule has 0 aliphatic carbocycles. The summed E-state index contributed by atoms with van der Waals surface area (Å²) in [5.74, 6) is -2.17. The van der Waals surface area contributed by atoms with Crippen molar-refractivity contribution in [2.75, 3.05) is 13.2 Å². The molecule has 1 aromatic carbocycles. The number of hydrogen-bond donors (Lipinski definition) is 2. The summed E-state index contributed by atoms with van der Waals surface area (Å²) in [4.78, 5) is 10.7. The van der Waals surface area contributed by atoms with Crippen LogP contribution in [-0.4, -0.2) is 30.6 Å².